The minimum atomic E-state index is -1.06. The third-order valence-electron chi connectivity index (χ3n) is 3.05. The van der Waals surface area contributed by atoms with Crippen molar-refractivity contribution in [3.8, 4) is 0 Å². The lowest BCUT2D eigenvalue weighted by Gasteiger charge is -2.35. The smallest absolute Gasteiger partial charge is 0.356 e. The first kappa shape index (κ1) is 13.4. The Labute approximate surface area is 102 Å². The van der Waals surface area contributed by atoms with Gasteiger partial charge in [-0.15, -0.1) is 0 Å². The van der Waals surface area contributed by atoms with Crippen molar-refractivity contribution in [1.29, 1.82) is 0 Å². The summed E-state index contributed by atoms with van der Waals surface area (Å²) in [5, 5.41) is 8.74. The van der Waals surface area contributed by atoms with Crippen molar-refractivity contribution in [3.05, 3.63) is 18.1 Å². The lowest BCUT2D eigenvalue weighted by Crippen LogP contribution is -2.39. The molecule has 0 spiro atoms. The molecule has 1 aromatic rings. The molecule has 0 radical (unpaired) electrons. The van der Waals surface area contributed by atoms with Gasteiger partial charge in [0.2, 0.25) is 0 Å². The molecule has 1 aromatic heterocycles. The van der Waals surface area contributed by atoms with Crippen LogP contribution in [0.1, 0.15) is 38.2 Å². The highest BCUT2D eigenvalue weighted by Gasteiger charge is 2.25. The van der Waals surface area contributed by atoms with Gasteiger partial charge in [0, 0.05) is 13.1 Å². The third-order valence-corrected chi connectivity index (χ3v) is 3.05. The van der Waals surface area contributed by atoms with Gasteiger partial charge in [0.1, 0.15) is 5.82 Å². The van der Waals surface area contributed by atoms with Gasteiger partial charge in [-0.05, 0) is 12.3 Å². The zero-order valence-electron chi connectivity index (χ0n) is 10.9. The van der Waals surface area contributed by atoms with Gasteiger partial charge >= 0.3 is 5.97 Å². The number of nitrogens with zero attached hydrogens (tertiary/aromatic N) is 3. The van der Waals surface area contributed by atoms with Gasteiger partial charge in [0.05, 0.1) is 12.4 Å². The maximum atomic E-state index is 10.7. The Bertz CT molecular complexity index is 395. The maximum Gasteiger partial charge on any atom is 0.356 e. The maximum absolute atomic E-state index is 10.7. The highest BCUT2D eigenvalue weighted by atomic mass is 16.4. The molecule has 0 fully saturated rings. The summed E-state index contributed by atoms with van der Waals surface area (Å²) in [6, 6.07) is 0.271. The summed E-state index contributed by atoms with van der Waals surface area (Å²) in [5.74, 6) is -0.381. The minimum Gasteiger partial charge on any atom is -0.476 e. The Hall–Kier alpha value is -1.65. The zero-order chi connectivity index (χ0) is 13.2. The molecule has 1 atom stereocenters. The first-order chi connectivity index (χ1) is 7.73. The fourth-order valence-corrected chi connectivity index (χ4v) is 1.39. The fourth-order valence-electron chi connectivity index (χ4n) is 1.39. The number of aromatic nitrogens is 2. The van der Waals surface area contributed by atoms with E-state index in [-0.39, 0.29) is 17.2 Å². The third kappa shape index (κ3) is 3.15. The lowest BCUT2D eigenvalue weighted by molar-refractivity contribution is 0.0690. The standard InChI is InChI=1S/C12H19N3O2/c1-8(12(2,3)4)15(5)10-7-13-9(6-14-10)11(16)17/h6-8H,1-5H3,(H,16,17). The van der Waals surface area contributed by atoms with Gasteiger partial charge in [0.15, 0.2) is 5.69 Å². The number of hydrogen-bond donors (Lipinski definition) is 1. The predicted octanol–water partition coefficient (Wildman–Crippen LogP) is 2.05. The second kappa shape index (κ2) is 4.69. The molecule has 0 aromatic carbocycles. The van der Waals surface area contributed by atoms with Gasteiger partial charge < -0.3 is 10.0 Å². The molecule has 94 valence electrons. The van der Waals surface area contributed by atoms with Gasteiger partial charge in [-0.2, -0.15) is 0 Å². The number of anilines is 1. The van der Waals surface area contributed by atoms with Crippen molar-refractivity contribution < 1.29 is 9.90 Å². The highest BCUT2D eigenvalue weighted by Crippen LogP contribution is 2.25. The van der Waals surface area contributed by atoms with E-state index < -0.39 is 5.97 Å². The molecule has 0 amide bonds. The summed E-state index contributed by atoms with van der Waals surface area (Å²) in [6.07, 6.45) is 2.77. The van der Waals surface area contributed by atoms with E-state index in [1.54, 1.807) is 0 Å². The van der Waals surface area contributed by atoms with Crippen LogP contribution in [0.3, 0.4) is 0 Å². The minimum absolute atomic E-state index is 0.0365. The highest BCUT2D eigenvalue weighted by molar-refractivity contribution is 5.84. The fraction of sp³-hybridized carbons (Fsp3) is 0.583. The summed E-state index contributed by atoms with van der Waals surface area (Å²) in [5.41, 5.74) is 0.0765. The molecule has 1 unspecified atom stereocenters. The van der Waals surface area contributed by atoms with Crippen molar-refractivity contribution in [2.75, 3.05) is 11.9 Å². The summed E-state index contributed by atoms with van der Waals surface area (Å²) >= 11 is 0. The molecule has 0 aliphatic heterocycles. The Kier molecular flexibility index (Phi) is 3.70. The van der Waals surface area contributed by atoms with Gasteiger partial charge in [-0.25, -0.2) is 14.8 Å². The lowest BCUT2D eigenvalue weighted by atomic mass is 9.87. The van der Waals surface area contributed by atoms with E-state index in [1.165, 1.54) is 12.4 Å². The quantitative estimate of drug-likeness (QED) is 0.871. The summed E-state index contributed by atoms with van der Waals surface area (Å²) in [4.78, 5) is 20.6. The van der Waals surface area contributed by atoms with Crippen LogP contribution < -0.4 is 4.90 Å². The molecule has 0 saturated carbocycles. The first-order valence-corrected chi connectivity index (χ1v) is 5.51. The van der Waals surface area contributed by atoms with Crippen LogP contribution in [-0.2, 0) is 0 Å². The van der Waals surface area contributed by atoms with Crippen LogP contribution in [0.2, 0.25) is 0 Å². The zero-order valence-corrected chi connectivity index (χ0v) is 10.9. The molecule has 0 aliphatic carbocycles. The average molecular weight is 237 g/mol. The van der Waals surface area contributed by atoms with Crippen molar-refractivity contribution in [3.63, 3.8) is 0 Å². The van der Waals surface area contributed by atoms with E-state index in [2.05, 4.69) is 37.7 Å². The normalized spacial score (nSPS) is 13.2. The number of carboxylic acids is 1. The molecule has 17 heavy (non-hydrogen) atoms. The van der Waals surface area contributed by atoms with Crippen LogP contribution in [-0.4, -0.2) is 34.1 Å². The van der Waals surface area contributed by atoms with E-state index in [9.17, 15) is 4.79 Å². The monoisotopic (exact) mass is 237 g/mol. The van der Waals surface area contributed by atoms with Gasteiger partial charge in [-0.3, -0.25) is 0 Å². The van der Waals surface area contributed by atoms with Gasteiger partial charge in [-0.1, -0.05) is 20.8 Å². The van der Waals surface area contributed by atoms with Crippen molar-refractivity contribution in [1.82, 2.24) is 9.97 Å². The van der Waals surface area contributed by atoms with E-state index in [0.29, 0.717) is 5.82 Å². The van der Waals surface area contributed by atoms with E-state index in [1.807, 2.05) is 11.9 Å². The van der Waals surface area contributed by atoms with Gasteiger partial charge in [0.25, 0.3) is 0 Å². The van der Waals surface area contributed by atoms with Crippen LogP contribution in [0, 0.1) is 5.41 Å². The summed E-state index contributed by atoms with van der Waals surface area (Å²) in [7, 11) is 1.93. The van der Waals surface area contributed by atoms with Crippen LogP contribution in [0.4, 0.5) is 5.82 Å². The molecule has 5 heteroatoms. The van der Waals surface area contributed by atoms with Crippen LogP contribution >= 0.6 is 0 Å². The summed E-state index contributed by atoms with van der Waals surface area (Å²) < 4.78 is 0. The molecule has 1 rings (SSSR count). The predicted molar refractivity (Wildman–Crippen MR) is 66.3 cm³/mol. The van der Waals surface area contributed by atoms with Crippen molar-refractivity contribution in [2.45, 2.75) is 33.7 Å². The topological polar surface area (TPSA) is 66.3 Å². The van der Waals surface area contributed by atoms with Crippen LogP contribution in [0.25, 0.3) is 0 Å². The molecule has 0 aliphatic rings. The van der Waals surface area contributed by atoms with E-state index in [4.69, 9.17) is 5.11 Å². The van der Waals surface area contributed by atoms with Crippen LogP contribution in [0.5, 0.6) is 0 Å². The second-order valence-electron chi connectivity index (χ2n) is 5.22. The molecule has 1 N–H and O–H groups in total. The molecule has 1 heterocycles. The Balaban J connectivity index is 2.90. The Morgan fingerprint density at radius 3 is 2.29 bits per heavy atom. The van der Waals surface area contributed by atoms with Crippen molar-refractivity contribution in [2.24, 2.45) is 5.41 Å². The number of carboxylic acid groups (broad SMARTS) is 1. The largest absolute Gasteiger partial charge is 0.476 e. The average Bonchev–Trinajstić information content (AvgIpc) is 2.26. The summed E-state index contributed by atoms with van der Waals surface area (Å²) in [6.45, 7) is 8.54. The number of hydrogen-bond acceptors (Lipinski definition) is 4. The number of carbonyl (C=O) groups is 1. The molecular weight excluding hydrogens is 218 g/mol. The number of rotatable bonds is 3. The molecule has 0 saturated heterocycles. The van der Waals surface area contributed by atoms with Crippen LogP contribution in [0.15, 0.2) is 12.4 Å². The van der Waals surface area contributed by atoms with Crippen molar-refractivity contribution >= 4 is 11.8 Å². The molecule has 5 nitrogen and oxygen atoms in total. The SMILES string of the molecule is CC(N(C)c1cnc(C(=O)O)cn1)C(C)(C)C. The first-order valence-electron chi connectivity index (χ1n) is 5.51. The van der Waals surface area contributed by atoms with E-state index >= 15 is 0 Å². The molecular formula is C12H19N3O2. The van der Waals surface area contributed by atoms with E-state index in [0.717, 1.165) is 0 Å². The molecule has 0 bridgehead atoms. The second-order valence-corrected chi connectivity index (χ2v) is 5.22. The Morgan fingerprint density at radius 2 is 1.94 bits per heavy atom. The number of aromatic carboxylic acids is 1. The Morgan fingerprint density at radius 1 is 1.35 bits per heavy atom.